The van der Waals surface area contributed by atoms with Gasteiger partial charge in [0.2, 0.25) is 0 Å². The van der Waals surface area contributed by atoms with Crippen molar-refractivity contribution in [3.8, 4) is 0 Å². The third-order valence-corrected chi connectivity index (χ3v) is 1.82. The predicted octanol–water partition coefficient (Wildman–Crippen LogP) is 2.45. The molecule has 17 heavy (non-hydrogen) atoms. The van der Waals surface area contributed by atoms with Gasteiger partial charge >= 0.3 is 12.1 Å². The number of rotatable bonds is 7. The van der Waals surface area contributed by atoms with E-state index in [4.69, 9.17) is 9.47 Å². The van der Waals surface area contributed by atoms with Crippen molar-refractivity contribution in [1.29, 1.82) is 0 Å². The summed E-state index contributed by atoms with van der Waals surface area (Å²) < 4.78 is 14.2. The van der Waals surface area contributed by atoms with Gasteiger partial charge in [-0.3, -0.25) is 0 Å². The molecule has 0 aromatic heterocycles. The molecule has 98 valence electrons. The van der Waals surface area contributed by atoms with Crippen LogP contribution in [0.2, 0.25) is 0 Å². The lowest BCUT2D eigenvalue weighted by atomic mass is 10.2. The van der Waals surface area contributed by atoms with Gasteiger partial charge in [0.05, 0.1) is 18.8 Å². The van der Waals surface area contributed by atoms with Crippen molar-refractivity contribution >= 4 is 12.1 Å². The molecule has 0 saturated carbocycles. The van der Waals surface area contributed by atoms with E-state index in [2.05, 4.69) is 4.74 Å². The van der Waals surface area contributed by atoms with Crippen LogP contribution in [0.25, 0.3) is 0 Å². The fourth-order valence-electron chi connectivity index (χ4n) is 1.04. The van der Waals surface area contributed by atoms with Crippen molar-refractivity contribution in [3.05, 3.63) is 11.6 Å². The second kappa shape index (κ2) is 9.69. The Morgan fingerprint density at radius 1 is 1.00 bits per heavy atom. The van der Waals surface area contributed by atoms with Gasteiger partial charge in [0.15, 0.2) is 0 Å². The monoisotopic (exact) mass is 244 g/mol. The molecule has 0 aliphatic carbocycles. The minimum atomic E-state index is -0.779. The summed E-state index contributed by atoms with van der Waals surface area (Å²) in [6, 6.07) is 0. The summed E-state index contributed by atoms with van der Waals surface area (Å²) in [7, 11) is 0. The highest BCUT2D eigenvalue weighted by molar-refractivity contribution is 5.89. The molecule has 0 rings (SSSR count). The number of allylic oxidation sites excluding steroid dienone is 1. The highest BCUT2D eigenvalue weighted by atomic mass is 16.7. The molecule has 0 aromatic rings. The summed E-state index contributed by atoms with van der Waals surface area (Å²) in [6.07, 6.45) is 2.58. The van der Waals surface area contributed by atoms with E-state index in [-0.39, 0.29) is 13.2 Å². The maximum atomic E-state index is 11.5. The fraction of sp³-hybridized carbons (Fsp3) is 0.667. The number of carbonyl (C=O) groups is 2. The minimum absolute atomic E-state index is 0.113. The molecule has 5 heteroatoms. The van der Waals surface area contributed by atoms with E-state index in [0.29, 0.717) is 12.2 Å². The first-order valence-electron chi connectivity index (χ1n) is 5.81. The van der Waals surface area contributed by atoms with E-state index in [9.17, 15) is 9.59 Å². The number of esters is 1. The van der Waals surface area contributed by atoms with Crippen LogP contribution in [0.4, 0.5) is 4.79 Å². The molecule has 5 nitrogen and oxygen atoms in total. The van der Waals surface area contributed by atoms with Crippen LogP contribution < -0.4 is 0 Å². The molecule has 0 aliphatic rings. The van der Waals surface area contributed by atoms with Crippen LogP contribution in [-0.2, 0) is 19.0 Å². The Morgan fingerprint density at radius 3 is 2.18 bits per heavy atom. The molecular formula is C12H20O5. The largest absolute Gasteiger partial charge is 0.508 e. The Balaban J connectivity index is 4.29. The van der Waals surface area contributed by atoms with Gasteiger partial charge in [0.25, 0.3) is 0 Å². The van der Waals surface area contributed by atoms with Crippen molar-refractivity contribution in [2.45, 2.75) is 33.6 Å². The normalized spacial score (nSPS) is 10.9. The van der Waals surface area contributed by atoms with Crippen molar-refractivity contribution in [2.24, 2.45) is 0 Å². The lowest BCUT2D eigenvalue weighted by Gasteiger charge is -2.08. The molecule has 0 heterocycles. The fourth-order valence-corrected chi connectivity index (χ4v) is 1.04. The van der Waals surface area contributed by atoms with Crippen LogP contribution >= 0.6 is 0 Å². The van der Waals surface area contributed by atoms with Crippen LogP contribution in [0.3, 0.4) is 0 Å². The highest BCUT2D eigenvalue weighted by Crippen LogP contribution is 2.04. The summed E-state index contributed by atoms with van der Waals surface area (Å²) in [5, 5.41) is 0. The summed E-state index contributed by atoms with van der Waals surface area (Å²) in [5.74, 6) is -0.453. The van der Waals surface area contributed by atoms with Crippen molar-refractivity contribution < 1.29 is 23.8 Å². The molecule has 0 unspecified atom stereocenters. The van der Waals surface area contributed by atoms with Gasteiger partial charge in [0, 0.05) is 0 Å². The summed E-state index contributed by atoms with van der Waals surface area (Å²) in [6.45, 7) is 5.82. The van der Waals surface area contributed by atoms with E-state index in [0.717, 1.165) is 12.8 Å². The van der Waals surface area contributed by atoms with E-state index < -0.39 is 12.1 Å². The Bertz CT molecular complexity index is 270. The van der Waals surface area contributed by atoms with Gasteiger partial charge in [-0.2, -0.15) is 0 Å². The summed E-state index contributed by atoms with van der Waals surface area (Å²) in [4.78, 5) is 22.5. The molecule has 0 N–H and O–H groups in total. The Hall–Kier alpha value is -1.52. The molecule has 0 spiro atoms. The number of hydrogen-bond acceptors (Lipinski definition) is 5. The Kier molecular flexibility index (Phi) is 8.82. The first kappa shape index (κ1) is 15.5. The van der Waals surface area contributed by atoms with E-state index in [1.54, 1.807) is 19.9 Å². The maximum absolute atomic E-state index is 11.5. The quantitative estimate of drug-likeness (QED) is 0.508. The van der Waals surface area contributed by atoms with Gasteiger partial charge < -0.3 is 14.2 Å². The molecule has 0 aromatic carbocycles. The number of unbranched alkanes of at least 4 members (excludes halogenated alkanes) is 1. The third kappa shape index (κ3) is 7.38. The van der Waals surface area contributed by atoms with Crippen molar-refractivity contribution in [1.82, 2.24) is 0 Å². The molecule has 0 fully saturated rings. The number of hydrogen-bond donors (Lipinski definition) is 0. The molecule has 0 aliphatic heterocycles. The zero-order valence-electron chi connectivity index (χ0n) is 10.7. The summed E-state index contributed by atoms with van der Waals surface area (Å²) in [5.41, 5.74) is 0.349. The SMILES string of the molecule is CCC/C=C(/COC(=O)OCC)C(=O)OCC. The molecule has 0 bridgehead atoms. The zero-order valence-corrected chi connectivity index (χ0v) is 10.7. The zero-order chi connectivity index (χ0) is 13.1. The van der Waals surface area contributed by atoms with Gasteiger partial charge in [0.1, 0.15) is 6.61 Å². The van der Waals surface area contributed by atoms with E-state index in [1.165, 1.54) is 0 Å². The maximum Gasteiger partial charge on any atom is 0.508 e. The topological polar surface area (TPSA) is 61.8 Å². The average Bonchev–Trinajstić information content (AvgIpc) is 2.29. The van der Waals surface area contributed by atoms with Crippen LogP contribution in [0.15, 0.2) is 11.6 Å². The third-order valence-electron chi connectivity index (χ3n) is 1.82. The van der Waals surface area contributed by atoms with Crippen LogP contribution in [0.1, 0.15) is 33.6 Å². The minimum Gasteiger partial charge on any atom is -0.463 e. The smallest absolute Gasteiger partial charge is 0.463 e. The predicted molar refractivity (Wildman–Crippen MR) is 62.6 cm³/mol. The van der Waals surface area contributed by atoms with Crippen LogP contribution in [0.5, 0.6) is 0 Å². The molecular weight excluding hydrogens is 224 g/mol. The molecule has 0 saturated heterocycles. The van der Waals surface area contributed by atoms with Crippen LogP contribution in [-0.4, -0.2) is 31.9 Å². The average molecular weight is 244 g/mol. The van der Waals surface area contributed by atoms with Gasteiger partial charge in [-0.05, 0) is 20.3 Å². The van der Waals surface area contributed by atoms with E-state index >= 15 is 0 Å². The first-order valence-corrected chi connectivity index (χ1v) is 5.81. The van der Waals surface area contributed by atoms with Gasteiger partial charge in [-0.1, -0.05) is 19.4 Å². The Morgan fingerprint density at radius 2 is 1.65 bits per heavy atom. The van der Waals surface area contributed by atoms with Crippen molar-refractivity contribution in [2.75, 3.05) is 19.8 Å². The molecule has 0 radical (unpaired) electrons. The first-order chi connectivity index (χ1) is 8.15. The lowest BCUT2D eigenvalue weighted by Crippen LogP contribution is -2.16. The summed E-state index contributed by atoms with van der Waals surface area (Å²) >= 11 is 0. The Labute approximate surface area is 102 Å². The second-order valence-corrected chi connectivity index (χ2v) is 3.21. The van der Waals surface area contributed by atoms with Crippen LogP contribution in [0, 0.1) is 0 Å². The lowest BCUT2D eigenvalue weighted by molar-refractivity contribution is -0.139. The standard InChI is InChI=1S/C12H20O5/c1-4-7-8-10(11(13)15-5-2)9-17-12(14)16-6-3/h8H,4-7,9H2,1-3H3/b10-8-. The highest BCUT2D eigenvalue weighted by Gasteiger charge is 2.13. The van der Waals surface area contributed by atoms with Crippen molar-refractivity contribution in [3.63, 3.8) is 0 Å². The molecule has 0 atom stereocenters. The molecule has 0 amide bonds. The number of carbonyl (C=O) groups excluding carboxylic acids is 2. The van der Waals surface area contributed by atoms with Gasteiger partial charge in [-0.25, -0.2) is 9.59 Å². The van der Waals surface area contributed by atoms with Gasteiger partial charge in [-0.15, -0.1) is 0 Å². The van der Waals surface area contributed by atoms with E-state index in [1.807, 2.05) is 6.92 Å². The second-order valence-electron chi connectivity index (χ2n) is 3.21. The number of ether oxygens (including phenoxy) is 3.